The van der Waals surface area contributed by atoms with Gasteiger partial charge in [-0.25, -0.2) is 4.85 Å². The smallest absolute Gasteiger partial charge is 0.187 e. The third-order valence-electron chi connectivity index (χ3n) is 22.4. The summed E-state index contributed by atoms with van der Waals surface area (Å²) in [6.07, 6.45) is 28.3. The standard InChI is InChI=1S/C17H14.C12H9N.4C12H12.C11H9Br.3C11H9Cl.C11H10/c1-2-4-16(5-3-1)17-12-10-15(11-13-17)9-8-14-6-7-14;1-13-12-8-6-11(7-9-12)5-4-10-2-3-10;2*1-10-2-4-11(5-3-10)6-7-12-8-9-12;1-10-3-2-4-12(9-10)8-7-11-5-6-11;1-10-4-2-3-5-12(10)9-8-11-6-7-11;2*12-11-7-5-10(6-8-11)4-3-9-1-2-9;12-11-3-1-2-10(8-11)7-6-9-4-5-9;12-11-4-2-1-3-10(11)8-7-9-5-6-9;1-2-4-10(5-3-1)6-7-11-8-9-11/h1-5,10-14H,6-7H2;6-10H,2-3H2;2*2-5,12H,8-9H2,1H3;2-4,9,11H,5-6H2,1H3;2-5,11H,6-7H2,1H3;2*5-9H,1-2H2;1-3,8-9H,4-5H2;1-4,9H,5-6H2;1-5,11H,8-9H2. The van der Waals surface area contributed by atoms with Gasteiger partial charge in [-0.05, 0) is 337 Å². The summed E-state index contributed by atoms with van der Waals surface area (Å²) in [4.78, 5) is 3.32. The van der Waals surface area contributed by atoms with Gasteiger partial charge in [-0.15, -0.1) is 0 Å². The Balaban J connectivity index is 0.000000128. The summed E-state index contributed by atoms with van der Waals surface area (Å²) in [7, 11) is 0. The van der Waals surface area contributed by atoms with E-state index in [0.717, 1.165) is 75.2 Å². The van der Waals surface area contributed by atoms with Crippen molar-refractivity contribution in [1.29, 1.82) is 0 Å². The molecule has 12 aromatic carbocycles. The van der Waals surface area contributed by atoms with Gasteiger partial charge < -0.3 is 0 Å². The second kappa shape index (κ2) is 55.6. The molecule has 0 amide bonds. The van der Waals surface area contributed by atoms with E-state index < -0.39 is 0 Å². The minimum Gasteiger partial charge on any atom is -0.238 e. The van der Waals surface area contributed by atoms with Gasteiger partial charge in [0.15, 0.2) is 5.69 Å². The van der Waals surface area contributed by atoms with Gasteiger partial charge in [-0.3, -0.25) is 0 Å². The van der Waals surface area contributed by atoms with E-state index in [1.165, 1.54) is 180 Å². The fourth-order valence-corrected chi connectivity index (χ4v) is 12.7. The van der Waals surface area contributed by atoms with Crippen molar-refractivity contribution in [2.75, 3.05) is 0 Å². The Bertz CT molecular complexity index is 6290. The largest absolute Gasteiger partial charge is 0.238 e. The van der Waals surface area contributed by atoms with Crippen molar-refractivity contribution in [2.45, 2.75) is 169 Å². The van der Waals surface area contributed by atoms with Crippen LogP contribution in [-0.4, -0.2) is 0 Å². The Morgan fingerprint density at radius 1 is 0.226 bits per heavy atom. The van der Waals surface area contributed by atoms with E-state index >= 15 is 0 Å². The third-order valence-corrected chi connectivity index (χ3v) is 23.7. The van der Waals surface area contributed by atoms with Crippen LogP contribution in [0.3, 0.4) is 0 Å². The molecule has 0 atom stereocenters. The van der Waals surface area contributed by atoms with Gasteiger partial charge in [-0.1, -0.05) is 350 Å². The molecule has 678 valence electrons. The van der Waals surface area contributed by atoms with Gasteiger partial charge in [0.2, 0.25) is 0 Å². The van der Waals surface area contributed by atoms with Crippen molar-refractivity contribution in [3.8, 4) is 141 Å². The first-order valence-electron chi connectivity index (χ1n) is 48.7. The highest BCUT2D eigenvalue weighted by Crippen LogP contribution is 2.35. The Kier molecular flexibility index (Phi) is 41.0. The van der Waals surface area contributed by atoms with Crippen LogP contribution in [0.4, 0.5) is 5.69 Å². The summed E-state index contributed by atoms with van der Waals surface area (Å²) in [6, 6.07) is 101. The van der Waals surface area contributed by atoms with E-state index in [1.54, 1.807) is 0 Å². The Morgan fingerprint density at radius 3 is 0.847 bits per heavy atom. The van der Waals surface area contributed by atoms with Crippen molar-refractivity contribution in [3.63, 3.8) is 0 Å². The van der Waals surface area contributed by atoms with Gasteiger partial charge in [0.05, 0.1) is 11.6 Å². The van der Waals surface area contributed by atoms with E-state index in [1.807, 2.05) is 152 Å². The molecule has 11 fully saturated rings. The highest BCUT2D eigenvalue weighted by atomic mass is 79.9. The van der Waals surface area contributed by atoms with E-state index in [0.29, 0.717) is 70.8 Å². The topological polar surface area (TPSA) is 4.36 Å². The molecule has 0 N–H and O–H groups in total. The van der Waals surface area contributed by atoms with Crippen molar-refractivity contribution < 1.29 is 0 Å². The maximum absolute atomic E-state index is 6.78. The molecule has 1 nitrogen and oxygen atoms in total. The zero-order valence-electron chi connectivity index (χ0n) is 79.2. The zero-order valence-corrected chi connectivity index (χ0v) is 83.1. The number of halogens is 4. The van der Waals surface area contributed by atoms with E-state index in [2.05, 4.69) is 330 Å². The van der Waals surface area contributed by atoms with Crippen LogP contribution in [0.5, 0.6) is 0 Å². The van der Waals surface area contributed by atoms with Crippen molar-refractivity contribution in [1.82, 2.24) is 0 Å². The van der Waals surface area contributed by atoms with Gasteiger partial charge in [0.25, 0.3) is 0 Å². The Labute approximate surface area is 842 Å². The SMILES string of the molecule is Brc1ccc(C#CC2CC2)cc1.C(#CC1CC1)c1ccc(-c2ccccc2)cc1.C(#CC1CC1)c1ccccc1.Cc1ccc(C#CC2CC2)cc1.Cc1ccc(C#CC2CC2)cc1.Cc1cccc(C#CC2CC2)c1.Cc1ccccc1C#CC1CC1.Clc1ccc(C#CC2CC2)cc1.Clc1cccc(C#CC2CC2)c1.Clc1ccccc1C#CC1CC1.[C-]#[N+]c1ccc(C#CC2CC2)cc1. The van der Waals surface area contributed by atoms with E-state index in [-0.39, 0.29) is 0 Å². The average Bonchev–Trinajstić information content (AvgIpc) is 1.75. The molecule has 0 heterocycles. The van der Waals surface area contributed by atoms with Crippen LogP contribution in [0.15, 0.2) is 308 Å². The predicted octanol–water partition coefficient (Wildman–Crippen LogP) is 33.1. The molecule has 0 radical (unpaired) electrons. The van der Waals surface area contributed by atoms with E-state index in [9.17, 15) is 0 Å². The average molecular weight is 1900 g/mol. The Hall–Kier alpha value is -13.4. The molecule has 0 aromatic heterocycles. The summed E-state index contributed by atoms with van der Waals surface area (Å²) in [5, 5.41) is 2.29. The molecule has 11 aliphatic carbocycles. The lowest BCUT2D eigenvalue weighted by atomic mass is 10.0. The monoisotopic (exact) mass is 1900 g/mol. The minimum absolute atomic E-state index is 0.639. The van der Waals surface area contributed by atoms with Crippen molar-refractivity contribution in [2.24, 2.45) is 65.1 Å². The lowest BCUT2D eigenvalue weighted by Crippen LogP contribution is -1.79. The number of hydrogen-bond donors (Lipinski definition) is 0. The number of nitrogens with zero attached hydrogens (tertiary/aromatic N) is 1. The summed E-state index contributed by atoms with van der Waals surface area (Å²) in [5.74, 6) is 77.7. The highest BCUT2D eigenvalue weighted by Gasteiger charge is 2.24. The molecule has 11 aliphatic rings. The first kappa shape index (κ1) is 101. The highest BCUT2D eigenvalue weighted by molar-refractivity contribution is 9.10. The maximum atomic E-state index is 6.78. The normalized spacial score (nSPS) is 14.9. The molecule has 137 heavy (non-hydrogen) atoms. The Morgan fingerprint density at radius 2 is 0.496 bits per heavy atom. The van der Waals surface area contributed by atoms with Crippen molar-refractivity contribution in [3.05, 3.63) is 418 Å². The molecule has 0 unspecified atom stereocenters. The van der Waals surface area contributed by atoms with Gasteiger partial charge in [0.1, 0.15) is 0 Å². The van der Waals surface area contributed by atoms with Gasteiger partial charge in [-0.2, -0.15) is 0 Å². The van der Waals surface area contributed by atoms with Gasteiger partial charge in [0, 0.05) is 141 Å². The fourth-order valence-electron chi connectivity index (χ4n) is 12.0. The van der Waals surface area contributed by atoms with Crippen LogP contribution in [0, 0.1) is 230 Å². The molecule has 0 aliphatic heterocycles. The number of benzene rings is 12. The first-order valence-corrected chi connectivity index (χ1v) is 50.6. The van der Waals surface area contributed by atoms with Crippen LogP contribution < -0.4 is 0 Å². The first-order chi connectivity index (χ1) is 67.0. The molecule has 23 rings (SSSR count). The number of rotatable bonds is 1. The predicted molar refractivity (Wildman–Crippen MR) is 580 cm³/mol. The van der Waals surface area contributed by atoms with E-state index in [4.69, 9.17) is 41.4 Å². The molecule has 0 bridgehead atoms. The molecule has 0 spiro atoms. The minimum atomic E-state index is 0.639. The fraction of sp³-hybridized carbons (Fsp3) is 0.280. The van der Waals surface area contributed by atoms with Gasteiger partial charge >= 0.3 is 0 Å². The van der Waals surface area contributed by atoms with Crippen LogP contribution in [0.2, 0.25) is 15.1 Å². The summed E-state index contributed by atoms with van der Waals surface area (Å²) in [6.45, 7) is 15.2. The number of hydrogen-bond acceptors (Lipinski definition) is 0. The van der Waals surface area contributed by atoms with Crippen molar-refractivity contribution >= 4 is 56.4 Å². The number of aryl methyl sites for hydroxylation is 4. The summed E-state index contributed by atoms with van der Waals surface area (Å²) >= 11 is 20.9. The molecule has 5 heteroatoms. The summed E-state index contributed by atoms with van der Waals surface area (Å²) in [5.41, 5.74) is 20.4. The zero-order chi connectivity index (χ0) is 95.2. The van der Waals surface area contributed by atoms with Crippen LogP contribution in [-0.2, 0) is 0 Å². The molecular formula is C132H117BrCl3N. The second-order valence-corrected chi connectivity index (χ2v) is 38.6. The second-order valence-electron chi connectivity index (χ2n) is 36.4. The van der Waals surface area contributed by atoms with Crippen LogP contribution in [0.25, 0.3) is 16.0 Å². The summed E-state index contributed by atoms with van der Waals surface area (Å²) < 4.78 is 1.11. The van der Waals surface area contributed by atoms with Crippen LogP contribution in [0.1, 0.15) is 225 Å². The maximum Gasteiger partial charge on any atom is 0.187 e. The lowest BCUT2D eigenvalue weighted by Gasteiger charge is -2.00. The molecule has 11 saturated carbocycles. The molecular weight excluding hydrogens is 1790 g/mol. The van der Waals surface area contributed by atoms with Crippen LogP contribution >= 0.6 is 50.7 Å². The molecule has 12 aromatic rings. The lowest BCUT2D eigenvalue weighted by molar-refractivity contribution is 1.18. The quantitative estimate of drug-likeness (QED) is 0.114. The third kappa shape index (κ3) is 45.2. The molecule has 0 saturated heterocycles.